The van der Waals surface area contributed by atoms with Crippen LogP contribution in [0.5, 0.6) is 0 Å². The first kappa shape index (κ1) is 10.7. The molecule has 4 heteroatoms. The van der Waals surface area contributed by atoms with E-state index in [-0.39, 0.29) is 11.6 Å². The number of hydrogen-bond acceptors (Lipinski definition) is 2. The van der Waals surface area contributed by atoms with Gasteiger partial charge in [0.25, 0.3) is 0 Å². The molecule has 1 aromatic heterocycles. The Morgan fingerprint density at radius 1 is 1.06 bits per heavy atom. The molecular weight excluding hydrogens is 231 g/mol. The second-order valence-corrected chi connectivity index (χ2v) is 3.95. The molecule has 3 aromatic rings. The molecule has 0 radical (unpaired) electrons. The predicted molar refractivity (Wildman–Crippen MR) is 65.9 cm³/mol. The van der Waals surface area contributed by atoms with Gasteiger partial charge in [0.15, 0.2) is 0 Å². The fraction of sp³-hybridized carbons (Fsp3) is 0. The topological polar surface area (TPSA) is 45.8 Å². The van der Waals surface area contributed by atoms with E-state index < -0.39 is 0 Å². The maximum absolute atomic E-state index is 12.8. The largest absolute Gasteiger partial charge is 0.287 e. The lowest BCUT2D eigenvalue weighted by Gasteiger charge is -1.98. The lowest BCUT2D eigenvalue weighted by atomic mass is 10.1. The van der Waals surface area contributed by atoms with E-state index in [0.717, 1.165) is 10.9 Å². The molecule has 1 heterocycles. The smallest absolute Gasteiger partial charge is 0.213 e. The van der Waals surface area contributed by atoms with Crippen molar-refractivity contribution in [3.05, 3.63) is 65.6 Å². The number of rotatable bonds is 2. The molecule has 0 unspecified atom stereocenters. The Kier molecular flexibility index (Phi) is 2.41. The van der Waals surface area contributed by atoms with Crippen LogP contribution < -0.4 is 0 Å². The Bertz CT molecular complexity index is 716. The fourth-order valence-electron chi connectivity index (χ4n) is 1.87. The van der Waals surface area contributed by atoms with Gasteiger partial charge in [-0.3, -0.25) is 9.89 Å². The molecule has 0 fully saturated rings. The molecular formula is C14H9FN2O. The SMILES string of the molecule is O=C(c1ccc(F)cc1)c1n[nH]c2ccccc12. The van der Waals surface area contributed by atoms with Gasteiger partial charge in [-0.15, -0.1) is 0 Å². The zero-order valence-electron chi connectivity index (χ0n) is 9.35. The lowest BCUT2D eigenvalue weighted by Crippen LogP contribution is -2.02. The summed E-state index contributed by atoms with van der Waals surface area (Å²) < 4.78 is 12.8. The fourth-order valence-corrected chi connectivity index (χ4v) is 1.87. The lowest BCUT2D eigenvalue weighted by molar-refractivity contribution is 0.103. The van der Waals surface area contributed by atoms with Crippen LogP contribution in [-0.2, 0) is 0 Å². The zero-order valence-corrected chi connectivity index (χ0v) is 9.35. The minimum atomic E-state index is -0.363. The van der Waals surface area contributed by atoms with Crippen molar-refractivity contribution in [2.45, 2.75) is 0 Å². The third kappa shape index (κ3) is 1.68. The molecule has 0 atom stereocenters. The number of aromatic amines is 1. The summed E-state index contributed by atoms with van der Waals surface area (Å²) in [5, 5.41) is 7.60. The molecule has 0 saturated heterocycles. The van der Waals surface area contributed by atoms with Crippen molar-refractivity contribution in [1.82, 2.24) is 10.2 Å². The highest BCUT2D eigenvalue weighted by Gasteiger charge is 2.15. The van der Waals surface area contributed by atoms with Crippen LogP contribution in [0.25, 0.3) is 10.9 Å². The van der Waals surface area contributed by atoms with Crippen molar-refractivity contribution in [2.75, 3.05) is 0 Å². The number of ketones is 1. The summed E-state index contributed by atoms with van der Waals surface area (Å²) >= 11 is 0. The monoisotopic (exact) mass is 240 g/mol. The van der Waals surface area contributed by atoms with Crippen molar-refractivity contribution in [3.8, 4) is 0 Å². The van der Waals surface area contributed by atoms with E-state index in [1.54, 1.807) is 0 Å². The zero-order chi connectivity index (χ0) is 12.5. The van der Waals surface area contributed by atoms with Crippen molar-refractivity contribution in [3.63, 3.8) is 0 Å². The summed E-state index contributed by atoms with van der Waals surface area (Å²) in [6.45, 7) is 0. The number of carbonyl (C=O) groups excluding carboxylic acids is 1. The summed E-state index contributed by atoms with van der Waals surface area (Å²) in [6, 6.07) is 12.8. The molecule has 2 aromatic carbocycles. The number of benzene rings is 2. The van der Waals surface area contributed by atoms with Crippen LogP contribution in [0.3, 0.4) is 0 Å². The molecule has 18 heavy (non-hydrogen) atoms. The minimum absolute atomic E-state index is 0.215. The summed E-state index contributed by atoms with van der Waals surface area (Å²) in [4.78, 5) is 12.2. The van der Waals surface area contributed by atoms with Gasteiger partial charge in [0.2, 0.25) is 5.78 Å². The van der Waals surface area contributed by atoms with Crippen molar-refractivity contribution in [2.24, 2.45) is 0 Å². The van der Waals surface area contributed by atoms with Crippen molar-refractivity contribution >= 4 is 16.7 Å². The van der Waals surface area contributed by atoms with E-state index in [1.165, 1.54) is 24.3 Å². The molecule has 0 bridgehead atoms. The third-order valence-corrected chi connectivity index (χ3v) is 2.79. The average Bonchev–Trinajstić information content (AvgIpc) is 2.82. The van der Waals surface area contributed by atoms with Crippen LogP contribution in [0.1, 0.15) is 16.1 Å². The highest BCUT2D eigenvalue weighted by Crippen LogP contribution is 2.18. The standard InChI is InChI=1S/C14H9FN2O/c15-10-7-5-9(6-8-10)14(18)13-11-3-1-2-4-12(11)16-17-13/h1-8H,(H,16,17). The van der Waals surface area contributed by atoms with Gasteiger partial charge in [-0.1, -0.05) is 18.2 Å². The van der Waals surface area contributed by atoms with E-state index in [4.69, 9.17) is 0 Å². The first-order chi connectivity index (χ1) is 8.75. The normalized spacial score (nSPS) is 10.7. The second kappa shape index (κ2) is 4.07. The molecule has 0 saturated carbocycles. The van der Waals surface area contributed by atoms with E-state index in [1.807, 2.05) is 24.3 Å². The van der Waals surface area contributed by atoms with E-state index >= 15 is 0 Å². The molecule has 0 spiro atoms. The van der Waals surface area contributed by atoms with Crippen molar-refractivity contribution < 1.29 is 9.18 Å². The average molecular weight is 240 g/mol. The van der Waals surface area contributed by atoms with Crippen LogP contribution in [0.2, 0.25) is 0 Å². The number of H-pyrrole nitrogens is 1. The summed E-state index contributed by atoms with van der Waals surface area (Å²) in [6.07, 6.45) is 0. The van der Waals surface area contributed by atoms with Gasteiger partial charge in [-0.05, 0) is 30.3 Å². The van der Waals surface area contributed by atoms with Gasteiger partial charge in [0.1, 0.15) is 11.5 Å². The Morgan fingerprint density at radius 3 is 2.56 bits per heavy atom. The van der Waals surface area contributed by atoms with Gasteiger partial charge < -0.3 is 0 Å². The maximum Gasteiger partial charge on any atom is 0.213 e. The molecule has 1 N–H and O–H groups in total. The Balaban J connectivity index is 2.09. The van der Waals surface area contributed by atoms with Gasteiger partial charge in [0.05, 0.1) is 5.52 Å². The number of halogens is 1. The van der Waals surface area contributed by atoms with Crippen LogP contribution in [0.15, 0.2) is 48.5 Å². The minimum Gasteiger partial charge on any atom is -0.287 e. The molecule has 88 valence electrons. The first-order valence-electron chi connectivity index (χ1n) is 5.49. The molecule has 0 aliphatic carbocycles. The highest BCUT2D eigenvalue weighted by molar-refractivity contribution is 6.14. The van der Waals surface area contributed by atoms with E-state index in [0.29, 0.717) is 11.3 Å². The molecule has 0 amide bonds. The van der Waals surface area contributed by atoms with Crippen molar-refractivity contribution in [1.29, 1.82) is 0 Å². The first-order valence-corrected chi connectivity index (χ1v) is 5.49. The molecule has 0 aliphatic heterocycles. The molecule has 3 nitrogen and oxygen atoms in total. The number of carbonyl (C=O) groups is 1. The number of fused-ring (bicyclic) bond motifs is 1. The third-order valence-electron chi connectivity index (χ3n) is 2.79. The number of nitrogens with one attached hydrogen (secondary N) is 1. The quantitative estimate of drug-likeness (QED) is 0.700. The van der Waals surface area contributed by atoms with Gasteiger partial charge in [-0.25, -0.2) is 4.39 Å². The van der Waals surface area contributed by atoms with Crippen LogP contribution in [0, 0.1) is 5.82 Å². The Morgan fingerprint density at radius 2 is 1.78 bits per heavy atom. The van der Waals surface area contributed by atoms with Gasteiger partial charge >= 0.3 is 0 Å². The number of hydrogen-bond donors (Lipinski definition) is 1. The van der Waals surface area contributed by atoms with Crippen LogP contribution >= 0.6 is 0 Å². The van der Waals surface area contributed by atoms with E-state index in [2.05, 4.69) is 10.2 Å². The second-order valence-electron chi connectivity index (χ2n) is 3.95. The highest BCUT2D eigenvalue weighted by atomic mass is 19.1. The summed E-state index contributed by atoms with van der Waals surface area (Å²) in [7, 11) is 0. The van der Waals surface area contributed by atoms with Crippen LogP contribution in [0.4, 0.5) is 4.39 Å². The number of para-hydroxylation sites is 1. The number of nitrogens with zero attached hydrogens (tertiary/aromatic N) is 1. The predicted octanol–water partition coefficient (Wildman–Crippen LogP) is 2.93. The Hall–Kier alpha value is -2.49. The molecule has 3 rings (SSSR count). The van der Waals surface area contributed by atoms with Gasteiger partial charge in [0, 0.05) is 10.9 Å². The van der Waals surface area contributed by atoms with E-state index in [9.17, 15) is 9.18 Å². The number of aromatic nitrogens is 2. The summed E-state index contributed by atoms with van der Waals surface area (Å²) in [5.74, 6) is -0.578. The summed E-state index contributed by atoms with van der Waals surface area (Å²) in [5.41, 5.74) is 1.59. The van der Waals surface area contributed by atoms with Gasteiger partial charge in [-0.2, -0.15) is 5.10 Å². The Labute approximate surface area is 102 Å². The maximum atomic E-state index is 12.8. The molecule has 0 aliphatic rings. The van der Waals surface area contributed by atoms with Crippen LogP contribution in [-0.4, -0.2) is 16.0 Å².